The molecule has 32 heavy (non-hydrogen) atoms. The van der Waals surface area contributed by atoms with Crippen LogP contribution in [-0.2, 0) is 16.1 Å². The van der Waals surface area contributed by atoms with Crippen LogP contribution in [-0.4, -0.2) is 34.9 Å². The van der Waals surface area contributed by atoms with Crippen molar-refractivity contribution in [3.63, 3.8) is 0 Å². The number of carbonyl (C=O) groups excluding carboxylic acids is 2. The number of hydrogen-bond acceptors (Lipinski definition) is 6. The zero-order chi connectivity index (χ0) is 23.3. The van der Waals surface area contributed by atoms with Crippen LogP contribution < -0.4 is 15.6 Å². The number of aromatic nitrogens is 2. The molecule has 1 amide bonds. The summed E-state index contributed by atoms with van der Waals surface area (Å²) in [6, 6.07) is 10.2. The summed E-state index contributed by atoms with van der Waals surface area (Å²) < 4.78 is 35.1. The van der Waals surface area contributed by atoms with Crippen molar-refractivity contribution in [2.24, 2.45) is 0 Å². The average molecular weight is 466 g/mol. The number of nitrogens with zero attached hydrogens (tertiary/aromatic N) is 2. The molecule has 3 aromatic rings. The number of aryl methyl sites for hydroxylation is 1. The Balaban J connectivity index is 1.71. The zero-order valence-electron chi connectivity index (χ0n) is 16.8. The van der Waals surface area contributed by atoms with E-state index in [1.54, 1.807) is 24.3 Å². The molecule has 0 aliphatic heterocycles. The third-order valence-corrected chi connectivity index (χ3v) is 4.56. The number of ether oxygens (including phenoxy) is 2. The van der Waals surface area contributed by atoms with Crippen LogP contribution >= 0.6 is 11.6 Å². The van der Waals surface area contributed by atoms with Gasteiger partial charge >= 0.3 is 12.6 Å². The lowest BCUT2D eigenvalue weighted by Gasteiger charge is -2.11. The van der Waals surface area contributed by atoms with Crippen molar-refractivity contribution in [3.8, 4) is 5.75 Å². The predicted molar refractivity (Wildman–Crippen MR) is 113 cm³/mol. The van der Waals surface area contributed by atoms with Gasteiger partial charge in [0, 0.05) is 17.6 Å². The lowest BCUT2D eigenvalue weighted by atomic mass is 10.1. The summed E-state index contributed by atoms with van der Waals surface area (Å²) in [4.78, 5) is 37.2. The predicted octanol–water partition coefficient (Wildman–Crippen LogP) is 3.86. The van der Waals surface area contributed by atoms with E-state index in [1.165, 1.54) is 22.9 Å². The molecule has 0 saturated heterocycles. The number of carbonyl (C=O) groups is 2. The summed E-state index contributed by atoms with van der Waals surface area (Å²) in [6.07, 6.45) is 0.631. The fourth-order valence-corrected chi connectivity index (χ4v) is 3.14. The van der Waals surface area contributed by atoms with Gasteiger partial charge in [-0.25, -0.2) is 9.48 Å². The molecule has 0 aliphatic rings. The maximum Gasteiger partial charge on any atom is 0.387 e. The Hall–Kier alpha value is -3.53. The van der Waals surface area contributed by atoms with Crippen molar-refractivity contribution in [1.29, 1.82) is 0 Å². The molecule has 1 N–H and O–H groups in total. The van der Waals surface area contributed by atoms with Crippen LogP contribution in [0.2, 0.25) is 5.02 Å². The van der Waals surface area contributed by atoms with Gasteiger partial charge in [-0.05, 0) is 30.7 Å². The SMILES string of the molecule is CCCn1nc(C(=O)OCC(=O)Nc2ccc(OC(F)F)c(Cl)c2)c2ccccc2c1=O. The molecule has 0 saturated carbocycles. The Bertz CT molecular complexity index is 1220. The van der Waals surface area contributed by atoms with Gasteiger partial charge in [0.1, 0.15) is 5.75 Å². The molecule has 1 heterocycles. The van der Waals surface area contributed by atoms with Crippen LogP contribution in [0.3, 0.4) is 0 Å². The summed E-state index contributed by atoms with van der Waals surface area (Å²) in [5.74, 6) is -1.81. The van der Waals surface area contributed by atoms with E-state index in [-0.39, 0.29) is 27.7 Å². The van der Waals surface area contributed by atoms with Gasteiger partial charge in [-0.2, -0.15) is 13.9 Å². The monoisotopic (exact) mass is 465 g/mol. The van der Waals surface area contributed by atoms with Gasteiger partial charge in [0.2, 0.25) is 0 Å². The number of halogens is 3. The van der Waals surface area contributed by atoms with Crippen LogP contribution in [0.4, 0.5) is 14.5 Å². The maximum absolute atomic E-state index is 12.6. The van der Waals surface area contributed by atoms with E-state index in [2.05, 4.69) is 15.2 Å². The molecule has 0 unspecified atom stereocenters. The van der Waals surface area contributed by atoms with Gasteiger partial charge in [0.05, 0.1) is 10.4 Å². The number of benzene rings is 2. The van der Waals surface area contributed by atoms with Gasteiger partial charge in [-0.3, -0.25) is 9.59 Å². The normalized spacial score (nSPS) is 10.9. The fourth-order valence-electron chi connectivity index (χ4n) is 2.92. The largest absolute Gasteiger partial charge is 0.451 e. The minimum Gasteiger partial charge on any atom is -0.451 e. The Kier molecular flexibility index (Phi) is 7.37. The van der Waals surface area contributed by atoms with E-state index in [9.17, 15) is 23.2 Å². The Morgan fingerprint density at radius 2 is 1.91 bits per heavy atom. The van der Waals surface area contributed by atoms with Crippen molar-refractivity contribution in [3.05, 3.63) is 63.5 Å². The molecule has 8 nitrogen and oxygen atoms in total. The second-order valence-electron chi connectivity index (χ2n) is 6.57. The number of nitrogens with one attached hydrogen (secondary N) is 1. The summed E-state index contributed by atoms with van der Waals surface area (Å²) >= 11 is 5.84. The highest BCUT2D eigenvalue weighted by molar-refractivity contribution is 6.32. The van der Waals surface area contributed by atoms with Gasteiger partial charge in [-0.15, -0.1) is 0 Å². The third-order valence-electron chi connectivity index (χ3n) is 4.26. The van der Waals surface area contributed by atoms with Crippen molar-refractivity contribution >= 4 is 39.9 Å². The second kappa shape index (κ2) is 10.2. The van der Waals surface area contributed by atoms with E-state index < -0.39 is 25.1 Å². The first kappa shape index (κ1) is 23.1. The molecule has 11 heteroatoms. The van der Waals surface area contributed by atoms with Gasteiger partial charge in [0.15, 0.2) is 12.3 Å². The standard InChI is InChI=1S/C21H18ClF2N3O5/c1-2-9-27-19(29)14-6-4-3-5-13(14)18(26-27)20(30)31-11-17(28)25-12-7-8-16(15(22)10-12)32-21(23)24/h3-8,10,21H,2,9,11H2,1H3,(H,25,28). The lowest BCUT2D eigenvalue weighted by Crippen LogP contribution is -2.27. The number of esters is 1. The molecule has 2 aromatic carbocycles. The molecule has 0 atom stereocenters. The number of anilines is 1. The van der Waals surface area contributed by atoms with E-state index in [0.717, 1.165) is 0 Å². The number of alkyl halides is 2. The maximum atomic E-state index is 12.6. The summed E-state index contributed by atoms with van der Waals surface area (Å²) in [5.41, 5.74) is -0.219. The van der Waals surface area contributed by atoms with Crippen molar-refractivity contribution in [2.75, 3.05) is 11.9 Å². The van der Waals surface area contributed by atoms with E-state index >= 15 is 0 Å². The summed E-state index contributed by atoms with van der Waals surface area (Å²) in [5, 5.41) is 7.03. The first-order valence-electron chi connectivity index (χ1n) is 9.51. The highest BCUT2D eigenvalue weighted by Gasteiger charge is 2.19. The smallest absolute Gasteiger partial charge is 0.387 e. The van der Waals surface area contributed by atoms with Gasteiger partial charge in [0.25, 0.3) is 11.5 Å². The zero-order valence-corrected chi connectivity index (χ0v) is 17.6. The average Bonchev–Trinajstić information content (AvgIpc) is 2.76. The molecular formula is C21H18ClF2N3O5. The molecule has 3 rings (SSSR count). The van der Waals surface area contributed by atoms with Crippen LogP contribution in [0, 0.1) is 0 Å². The first-order chi connectivity index (χ1) is 15.3. The number of fused-ring (bicyclic) bond motifs is 1. The number of amides is 1. The molecule has 0 radical (unpaired) electrons. The van der Waals surface area contributed by atoms with Crippen molar-refractivity contribution in [2.45, 2.75) is 26.5 Å². The highest BCUT2D eigenvalue weighted by atomic mass is 35.5. The lowest BCUT2D eigenvalue weighted by molar-refractivity contribution is -0.119. The van der Waals surface area contributed by atoms with Crippen LogP contribution in [0.15, 0.2) is 47.3 Å². The number of rotatable bonds is 8. The van der Waals surface area contributed by atoms with E-state index in [1.807, 2.05) is 6.92 Å². The van der Waals surface area contributed by atoms with Crippen LogP contribution in [0.25, 0.3) is 10.8 Å². The topological polar surface area (TPSA) is 99.5 Å². The fraction of sp³-hybridized carbons (Fsp3) is 0.238. The summed E-state index contributed by atoms with van der Waals surface area (Å²) in [7, 11) is 0. The summed E-state index contributed by atoms with van der Waals surface area (Å²) in [6.45, 7) is -1.50. The molecule has 0 fully saturated rings. The Morgan fingerprint density at radius 3 is 2.56 bits per heavy atom. The van der Waals surface area contributed by atoms with Crippen molar-refractivity contribution in [1.82, 2.24) is 9.78 Å². The molecule has 0 bridgehead atoms. The second-order valence-corrected chi connectivity index (χ2v) is 6.98. The van der Waals surface area contributed by atoms with E-state index in [0.29, 0.717) is 23.7 Å². The van der Waals surface area contributed by atoms with Gasteiger partial charge < -0.3 is 14.8 Å². The first-order valence-corrected chi connectivity index (χ1v) is 9.89. The molecule has 0 aliphatic carbocycles. The molecular weight excluding hydrogens is 448 g/mol. The molecule has 0 spiro atoms. The van der Waals surface area contributed by atoms with E-state index in [4.69, 9.17) is 16.3 Å². The van der Waals surface area contributed by atoms with Crippen LogP contribution in [0.5, 0.6) is 5.75 Å². The Labute approximate surface area is 185 Å². The highest BCUT2D eigenvalue weighted by Crippen LogP contribution is 2.28. The van der Waals surface area contributed by atoms with Crippen LogP contribution in [0.1, 0.15) is 23.8 Å². The number of hydrogen-bond donors (Lipinski definition) is 1. The quantitative estimate of drug-likeness (QED) is 0.507. The third kappa shape index (κ3) is 5.38. The minimum absolute atomic E-state index is 0.0852. The Morgan fingerprint density at radius 1 is 1.19 bits per heavy atom. The molecule has 168 valence electrons. The van der Waals surface area contributed by atoms with Crippen molar-refractivity contribution < 1.29 is 27.8 Å². The van der Waals surface area contributed by atoms with Gasteiger partial charge in [-0.1, -0.05) is 36.7 Å². The molecule has 1 aromatic heterocycles. The minimum atomic E-state index is -3.04.